The van der Waals surface area contributed by atoms with Crippen molar-refractivity contribution in [2.24, 2.45) is 0 Å². The summed E-state index contributed by atoms with van der Waals surface area (Å²) in [7, 11) is 1.83. The Morgan fingerprint density at radius 1 is 1.05 bits per heavy atom. The predicted octanol–water partition coefficient (Wildman–Crippen LogP) is 3.51. The topological polar surface area (TPSA) is 33.2 Å². The van der Waals surface area contributed by atoms with E-state index < -0.39 is 0 Å². The van der Waals surface area contributed by atoms with Crippen LogP contribution in [0.5, 0.6) is 0 Å². The number of nitrogens with zero attached hydrogens (tertiary/aromatic N) is 2. The second-order valence-electron chi connectivity index (χ2n) is 5.08. The van der Waals surface area contributed by atoms with Crippen LogP contribution in [0, 0.1) is 0 Å². The first kappa shape index (κ1) is 13.3. The van der Waals surface area contributed by atoms with Crippen molar-refractivity contribution in [1.82, 2.24) is 9.88 Å². The van der Waals surface area contributed by atoms with Gasteiger partial charge in [-0.1, -0.05) is 36.4 Å². The van der Waals surface area contributed by atoms with Crippen molar-refractivity contribution < 1.29 is 4.79 Å². The van der Waals surface area contributed by atoms with Crippen molar-refractivity contribution in [3.05, 3.63) is 78.1 Å². The molecule has 3 heteroatoms. The number of rotatable bonds is 3. The third-order valence-electron chi connectivity index (χ3n) is 3.50. The summed E-state index contributed by atoms with van der Waals surface area (Å²) >= 11 is 0. The SMILES string of the molecule is CN(Cc1ccccc1)C(=O)c1ccc2cnccc2c1. The molecule has 0 atom stereocenters. The smallest absolute Gasteiger partial charge is 0.253 e. The average Bonchev–Trinajstić information content (AvgIpc) is 2.54. The Morgan fingerprint density at radius 2 is 1.86 bits per heavy atom. The average molecular weight is 276 g/mol. The third kappa shape index (κ3) is 2.92. The fourth-order valence-electron chi connectivity index (χ4n) is 2.37. The predicted molar refractivity (Wildman–Crippen MR) is 84.0 cm³/mol. The monoisotopic (exact) mass is 276 g/mol. The van der Waals surface area contributed by atoms with E-state index in [1.165, 1.54) is 0 Å². The van der Waals surface area contributed by atoms with Crippen molar-refractivity contribution in [1.29, 1.82) is 0 Å². The van der Waals surface area contributed by atoms with Gasteiger partial charge in [-0.3, -0.25) is 9.78 Å². The summed E-state index contributed by atoms with van der Waals surface area (Å²) in [4.78, 5) is 18.3. The normalized spacial score (nSPS) is 10.5. The Bertz CT molecular complexity index is 768. The van der Waals surface area contributed by atoms with Crippen LogP contribution in [0.4, 0.5) is 0 Å². The first-order valence-corrected chi connectivity index (χ1v) is 6.87. The van der Waals surface area contributed by atoms with E-state index in [0.717, 1.165) is 16.3 Å². The van der Waals surface area contributed by atoms with Crippen molar-refractivity contribution in [3.8, 4) is 0 Å². The van der Waals surface area contributed by atoms with Crippen molar-refractivity contribution >= 4 is 16.7 Å². The zero-order chi connectivity index (χ0) is 14.7. The number of hydrogen-bond donors (Lipinski definition) is 0. The van der Waals surface area contributed by atoms with E-state index in [4.69, 9.17) is 0 Å². The summed E-state index contributed by atoms with van der Waals surface area (Å²) in [6.45, 7) is 0.605. The second kappa shape index (κ2) is 5.75. The van der Waals surface area contributed by atoms with Crippen LogP contribution in [-0.2, 0) is 6.54 Å². The van der Waals surface area contributed by atoms with Gasteiger partial charge in [-0.05, 0) is 29.1 Å². The van der Waals surface area contributed by atoms with E-state index in [0.29, 0.717) is 12.1 Å². The Hall–Kier alpha value is -2.68. The summed E-state index contributed by atoms with van der Waals surface area (Å²) in [6.07, 6.45) is 3.54. The molecule has 0 unspecified atom stereocenters. The van der Waals surface area contributed by atoms with E-state index in [9.17, 15) is 4.79 Å². The van der Waals surface area contributed by atoms with Crippen molar-refractivity contribution in [2.75, 3.05) is 7.05 Å². The van der Waals surface area contributed by atoms with Gasteiger partial charge >= 0.3 is 0 Å². The minimum absolute atomic E-state index is 0.0255. The molecule has 0 saturated carbocycles. The molecular weight excluding hydrogens is 260 g/mol. The minimum atomic E-state index is 0.0255. The van der Waals surface area contributed by atoms with Gasteiger partial charge in [0.1, 0.15) is 0 Å². The van der Waals surface area contributed by atoms with Gasteiger partial charge in [0.25, 0.3) is 5.91 Å². The quantitative estimate of drug-likeness (QED) is 0.733. The van der Waals surface area contributed by atoms with Gasteiger partial charge in [-0.25, -0.2) is 0 Å². The number of carbonyl (C=O) groups excluding carboxylic acids is 1. The van der Waals surface area contributed by atoms with Crippen molar-refractivity contribution in [2.45, 2.75) is 6.54 Å². The fraction of sp³-hybridized carbons (Fsp3) is 0.111. The molecule has 3 aromatic rings. The molecule has 104 valence electrons. The molecule has 21 heavy (non-hydrogen) atoms. The standard InChI is InChI=1S/C18H16N2O/c1-20(13-14-5-3-2-4-6-14)18(21)16-7-8-17-12-19-10-9-15(17)11-16/h2-12H,13H2,1H3. The van der Waals surface area contributed by atoms with Gasteiger partial charge in [0.15, 0.2) is 0 Å². The highest BCUT2D eigenvalue weighted by molar-refractivity contribution is 5.98. The third-order valence-corrected chi connectivity index (χ3v) is 3.50. The summed E-state index contributed by atoms with van der Waals surface area (Å²) in [5.74, 6) is 0.0255. The molecular formula is C18H16N2O. The molecule has 0 aliphatic heterocycles. The molecule has 0 spiro atoms. The number of hydrogen-bond acceptors (Lipinski definition) is 2. The number of fused-ring (bicyclic) bond motifs is 1. The van der Waals surface area contributed by atoms with Gasteiger partial charge in [0.05, 0.1) is 0 Å². The number of aromatic nitrogens is 1. The lowest BCUT2D eigenvalue weighted by Gasteiger charge is -2.17. The molecule has 1 heterocycles. The minimum Gasteiger partial charge on any atom is -0.337 e. The fourth-order valence-corrected chi connectivity index (χ4v) is 2.37. The summed E-state index contributed by atoms with van der Waals surface area (Å²) in [6, 6.07) is 17.6. The number of pyridine rings is 1. The van der Waals surface area contributed by atoms with Gasteiger partial charge in [-0.15, -0.1) is 0 Å². The Balaban J connectivity index is 1.82. The van der Waals surface area contributed by atoms with Crippen LogP contribution in [-0.4, -0.2) is 22.8 Å². The molecule has 1 amide bonds. The molecule has 0 fully saturated rings. The lowest BCUT2D eigenvalue weighted by molar-refractivity contribution is 0.0785. The van der Waals surface area contributed by atoms with Crippen LogP contribution in [0.25, 0.3) is 10.8 Å². The molecule has 2 aromatic carbocycles. The molecule has 0 bridgehead atoms. The molecule has 0 radical (unpaired) electrons. The number of carbonyl (C=O) groups is 1. The van der Waals surface area contributed by atoms with Gasteiger partial charge in [0.2, 0.25) is 0 Å². The zero-order valence-corrected chi connectivity index (χ0v) is 11.9. The molecule has 0 saturated heterocycles. The van der Waals surface area contributed by atoms with E-state index in [-0.39, 0.29) is 5.91 Å². The Kier molecular flexibility index (Phi) is 3.65. The van der Waals surface area contributed by atoms with Crippen LogP contribution >= 0.6 is 0 Å². The van der Waals surface area contributed by atoms with Crippen LogP contribution < -0.4 is 0 Å². The van der Waals surface area contributed by atoms with Gasteiger partial charge < -0.3 is 4.90 Å². The zero-order valence-electron chi connectivity index (χ0n) is 11.9. The molecule has 0 N–H and O–H groups in total. The molecule has 3 nitrogen and oxygen atoms in total. The number of benzene rings is 2. The van der Waals surface area contributed by atoms with Crippen LogP contribution in [0.2, 0.25) is 0 Å². The first-order valence-electron chi connectivity index (χ1n) is 6.87. The number of amides is 1. The van der Waals surface area contributed by atoms with Gasteiger partial charge in [0, 0.05) is 36.9 Å². The lowest BCUT2D eigenvalue weighted by atomic mass is 10.1. The largest absolute Gasteiger partial charge is 0.337 e. The van der Waals surface area contributed by atoms with E-state index in [2.05, 4.69) is 4.98 Å². The van der Waals surface area contributed by atoms with Crippen LogP contribution in [0.15, 0.2) is 67.0 Å². The van der Waals surface area contributed by atoms with Crippen LogP contribution in [0.1, 0.15) is 15.9 Å². The van der Waals surface area contributed by atoms with E-state index >= 15 is 0 Å². The summed E-state index contributed by atoms with van der Waals surface area (Å²) in [5, 5.41) is 2.07. The molecule has 0 aliphatic carbocycles. The van der Waals surface area contributed by atoms with Crippen molar-refractivity contribution in [3.63, 3.8) is 0 Å². The van der Waals surface area contributed by atoms with E-state index in [1.54, 1.807) is 17.3 Å². The Labute approximate surface area is 123 Å². The lowest BCUT2D eigenvalue weighted by Crippen LogP contribution is -2.26. The first-order chi connectivity index (χ1) is 10.2. The molecule has 0 aliphatic rings. The van der Waals surface area contributed by atoms with E-state index in [1.807, 2.05) is 61.6 Å². The highest BCUT2D eigenvalue weighted by Gasteiger charge is 2.12. The molecule has 1 aromatic heterocycles. The summed E-state index contributed by atoms with van der Waals surface area (Å²) < 4.78 is 0. The Morgan fingerprint density at radius 3 is 2.67 bits per heavy atom. The molecule has 3 rings (SSSR count). The highest BCUT2D eigenvalue weighted by Crippen LogP contribution is 2.16. The highest BCUT2D eigenvalue weighted by atomic mass is 16.2. The van der Waals surface area contributed by atoms with Crippen LogP contribution in [0.3, 0.4) is 0 Å². The maximum atomic E-state index is 12.5. The summed E-state index contributed by atoms with van der Waals surface area (Å²) in [5.41, 5.74) is 1.82. The maximum absolute atomic E-state index is 12.5. The second-order valence-corrected chi connectivity index (χ2v) is 5.08. The van der Waals surface area contributed by atoms with Gasteiger partial charge in [-0.2, -0.15) is 0 Å². The maximum Gasteiger partial charge on any atom is 0.253 e.